The van der Waals surface area contributed by atoms with Gasteiger partial charge < -0.3 is 10.3 Å². The van der Waals surface area contributed by atoms with Crippen LogP contribution in [0.4, 0.5) is 13.2 Å². The van der Waals surface area contributed by atoms with E-state index in [4.69, 9.17) is 10.3 Å². The van der Waals surface area contributed by atoms with E-state index in [1.807, 2.05) is 0 Å². The Morgan fingerprint density at radius 2 is 1.89 bits per heavy atom. The minimum absolute atomic E-state index is 0.0830. The van der Waals surface area contributed by atoms with E-state index in [2.05, 4.69) is 10.1 Å². The number of nitrogens with two attached hydrogens (primary N) is 1. The predicted octanol–water partition coefficient (Wildman–Crippen LogP) is 2.63. The van der Waals surface area contributed by atoms with E-state index in [9.17, 15) is 13.2 Å². The zero-order valence-electron chi connectivity index (χ0n) is 10.7. The third-order valence-corrected chi connectivity index (χ3v) is 3.74. The SMILES string of the molecule is NCC1(Cc2nc(CC(F)(F)F)no2)CCCCC1. The van der Waals surface area contributed by atoms with Gasteiger partial charge in [0, 0.05) is 6.42 Å². The summed E-state index contributed by atoms with van der Waals surface area (Å²) in [5.74, 6) is -0.0305. The normalized spacial score (nSPS) is 19.6. The average molecular weight is 277 g/mol. The Labute approximate surface area is 109 Å². The van der Waals surface area contributed by atoms with Crippen LogP contribution >= 0.6 is 0 Å². The molecule has 0 aliphatic heterocycles. The van der Waals surface area contributed by atoms with Crippen LogP contribution in [0.15, 0.2) is 4.52 Å². The number of hydrogen-bond acceptors (Lipinski definition) is 4. The van der Waals surface area contributed by atoms with Crippen molar-refractivity contribution in [1.29, 1.82) is 0 Å². The summed E-state index contributed by atoms with van der Waals surface area (Å²) in [4.78, 5) is 3.83. The number of halogens is 3. The predicted molar refractivity (Wildman–Crippen MR) is 62.3 cm³/mol. The van der Waals surface area contributed by atoms with Crippen LogP contribution in [-0.4, -0.2) is 22.9 Å². The van der Waals surface area contributed by atoms with Crippen LogP contribution in [0.5, 0.6) is 0 Å². The molecule has 0 amide bonds. The van der Waals surface area contributed by atoms with Gasteiger partial charge >= 0.3 is 6.18 Å². The second-order valence-corrected chi connectivity index (χ2v) is 5.34. The molecule has 1 heterocycles. The number of aromatic nitrogens is 2. The summed E-state index contributed by atoms with van der Waals surface area (Å²) in [6.45, 7) is 0.504. The minimum atomic E-state index is -4.31. The van der Waals surface area contributed by atoms with Crippen LogP contribution < -0.4 is 5.73 Å². The molecule has 1 saturated carbocycles. The second-order valence-electron chi connectivity index (χ2n) is 5.34. The van der Waals surface area contributed by atoms with Gasteiger partial charge in [0.1, 0.15) is 6.42 Å². The molecule has 0 bridgehead atoms. The molecule has 4 nitrogen and oxygen atoms in total. The molecule has 0 spiro atoms. The van der Waals surface area contributed by atoms with E-state index in [1.165, 1.54) is 6.42 Å². The van der Waals surface area contributed by atoms with Gasteiger partial charge in [-0.25, -0.2) is 0 Å². The highest BCUT2D eigenvalue weighted by Crippen LogP contribution is 2.38. The van der Waals surface area contributed by atoms with E-state index >= 15 is 0 Å². The van der Waals surface area contributed by atoms with E-state index in [0.717, 1.165) is 25.7 Å². The number of rotatable bonds is 4. The van der Waals surface area contributed by atoms with Crippen molar-refractivity contribution >= 4 is 0 Å². The quantitative estimate of drug-likeness (QED) is 0.918. The van der Waals surface area contributed by atoms with Crippen molar-refractivity contribution in [2.75, 3.05) is 6.54 Å². The second kappa shape index (κ2) is 5.48. The molecule has 1 fully saturated rings. The summed E-state index contributed by atoms with van der Waals surface area (Å²) in [7, 11) is 0. The molecule has 1 aromatic rings. The molecular weight excluding hydrogens is 259 g/mol. The minimum Gasteiger partial charge on any atom is -0.339 e. The Kier molecular flexibility index (Phi) is 4.13. The molecule has 1 aromatic heterocycles. The number of alkyl halides is 3. The fraction of sp³-hybridized carbons (Fsp3) is 0.833. The molecule has 1 aliphatic rings. The highest BCUT2D eigenvalue weighted by atomic mass is 19.4. The maximum absolute atomic E-state index is 12.2. The Morgan fingerprint density at radius 3 is 2.47 bits per heavy atom. The third-order valence-electron chi connectivity index (χ3n) is 3.74. The maximum atomic E-state index is 12.2. The van der Waals surface area contributed by atoms with Crippen molar-refractivity contribution in [1.82, 2.24) is 10.1 Å². The van der Waals surface area contributed by atoms with Gasteiger partial charge in [-0.05, 0) is 24.8 Å². The van der Waals surface area contributed by atoms with E-state index in [0.29, 0.717) is 13.0 Å². The van der Waals surface area contributed by atoms with Crippen molar-refractivity contribution in [3.63, 3.8) is 0 Å². The van der Waals surface area contributed by atoms with E-state index < -0.39 is 12.6 Å². The van der Waals surface area contributed by atoms with Gasteiger partial charge in [-0.1, -0.05) is 24.4 Å². The highest BCUT2D eigenvalue weighted by molar-refractivity contribution is 4.96. The van der Waals surface area contributed by atoms with Crippen molar-refractivity contribution in [2.24, 2.45) is 11.1 Å². The van der Waals surface area contributed by atoms with Crippen LogP contribution in [0.2, 0.25) is 0 Å². The number of hydrogen-bond donors (Lipinski definition) is 1. The Hall–Kier alpha value is -1.11. The summed E-state index contributed by atoms with van der Waals surface area (Å²) < 4.78 is 41.6. The first-order valence-corrected chi connectivity index (χ1v) is 6.51. The summed E-state index contributed by atoms with van der Waals surface area (Å²) in [5, 5.41) is 3.39. The van der Waals surface area contributed by atoms with Crippen LogP contribution in [-0.2, 0) is 12.8 Å². The van der Waals surface area contributed by atoms with Crippen LogP contribution in [0, 0.1) is 5.41 Å². The third kappa shape index (κ3) is 3.92. The molecule has 2 N–H and O–H groups in total. The van der Waals surface area contributed by atoms with E-state index in [-0.39, 0.29) is 17.1 Å². The molecule has 0 atom stereocenters. The topological polar surface area (TPSA) is 64.9 Å². The first-order chi connectivity index (χ1) is 8.92. The van der Waals surface area contributed by atoms with Crippen LogP contribution in [0.3, 0.4) is 0 Å². The Morgan fingerprint density at radius 1 is 1.21 bits per heavy atom. The van der Waals surface area contributed by atoms with Crippen molar-refractivity contribution in [3.8, 4) is 0 Å². The molecular formula is C12H18F3N3O. The fourth-order valence-electron chi connectivity index (χ4n) is 2.69. The lowest BCUT2D eigenvalue weighted by molar-refractivity contribution is -0.128. The number of nitrogens with zero attached hydrogens (tertiary/aromatic N) is 2. The zero-order valence-corrected chi connectivity index (χ0v) is 10.7. The molecule has 108 valence electrons. The van der Waals surface area contributed by atoms with Gasteiger partial charge in [-0.15, -0.1) is 0 Å². The van der Waals surface area contributed by atoms with Gasteiger partial charge in [0.15, 0.2) is 5.82 Å². The summed E-state index contributed by atoms with van der Waals surface area (Å²) in [6, 6.07) is 0. The van der Waals surface area contributed by atoms with Gasteiger partial charge in [0.05, 0.1) is 0 Å². The van der Waals surface area contributed by atoms with Crippen LogP contribution in [0.1, 0.15) is 43.8 Å². The molecule has 7 heteroatoms. The first kappa shape index (κ1) is 14.3. The maximum Gasteiger partial charge on any atom is 0.396 e. The summed E-state index contributed by atoms with van der Waals surface area (Å²) in [6.07, 6.45) is 0.353. The zero-order chi connectivity index (χ0) is 13.9. The molecule has 0 aromatic carbocycles. The standard InChI is InChI=1S/C12H18F3N3O/c13-12(14,15)6-9-17-10(19-18-9)7-11(8-16)4-2-1-3-5-11/h1-8,16H2. The lowest BCUT2D eigenvalue weighted by Crippen LogP contribution is -2.35. The van der Waals surface area contributed by atoms with Crippen molar-refractivity contribution in [2.45, 2.75) is 51.1 Å². The molecule has 19 heavy (non-hydrogen) atoms. The van der Waals surface area contributed by atoms with Crippen molar-refractivity contribution < 1.29 is 17.7 Å². The summed E-state index contributed by atoms with van der Waals surface area (Å²) in [5.41, 5.74) is 5.74. The molecule has 0 radical (unpaired) electrons. The monoisotopic (exact) mass is 277 g/mol. The van der Waals surface area contributed by atoms with Crippen molar-refractivity contribution in [3.05, 3.63) is 11.7 Å². The Bertz CT molecular complexity index is 411. The van der Waals surface area contributed by atoms with Gasteiger partial charge in [0.2, 0.25) is 5.89 Å². The Balaban J connectivity index is 2.02. The first-order valence-electron chi connectivity index (χ1n) is 6.51. The highest BCUT2D eigenvalue weighted by Gasteiger charge is 2.34. The summed E-state index contributed by atoms with van der Waals surface area (Å²) >= 11 is 0. The average Bonchev–Trinajstić information content (AvgIpc) is 2.75. The van der Waals surface area contributed by atoms with E-state index in [1.54, 1.807) is 0 Å². The molecule has 0 saturated heterocycles. The molecule has 2 rings (SSSR count). The fourth-order valence-corrected chi connectivity index (χ4v) is 2.69. The van der Waals surface area contributed by atoms with Gasteiger partial charge in [-0.2, -0.15) is 18.2 Å². The van der Waals surface area contributed by atoms with Crippen LogP contribution in [0.25, 0.3) is 0 Å². The molecule has 1 aliphatic carbocycles. The lowest BCUT2D eigenvalue weighted by atomic mass is 9.72. The van der Waals surface area contributed by atoms with Gasteiger partial charge in [-0.3, -0.25) is 0 Å². The molecule has 0 unspecified atom stereocenters. The lowest BCUT2D eigenvalue weighted by Gasteiger charge is -2.34. The largest absolute Gasteiger partial charge is 0.396 e. The van der Waals surface area contributed by atoms with Gasteiger partial charge in [0.25, 0.3) is 0 Å². The smallest absolute Gasteiger partial charge is 0.339 e.